The van der Waals surface area contributed by atoms with Crippen LogP contribution in [0.15, 0.2) is 24.3 Å². The first-order valence-electron chi connectivity index (χ1n) is 5.96. The molecule has 1 aliphatic heterocycles. The Morgan fingerprint density at radius 1 is 1.42 bits per heavy atom. The van der Waals surface area contributed by atoms with Gasteiger partial charge in [0.1, 0.15) is 6.04 Å². The van der Waals surface area contributed by atoms with Crippen molar-refractivity contribution in [3.63, 3.8) is 0 Å². The van der Waals surface area contributed by atoms with E-state index in [1.807, 2.05) is 17.0 Å². The second-order valence-corrected chi connectivity index (χ2v) is 4.73. The molecule has 1 aromatic carbocycles. The van der Waals surface area contributed by atoms with E-state index in [-0.39, 0.29) is 18.4 Å². The predicted molar refractivity (Wildman–Crippen MR) is 73.8 cm³/mol. The second-order valence-electron chi connectivity index (χ2n) is 4.29. The van der Waals surface area contributed by atoms with Crippen LogP contribution in [0, 0.1) is 5.41 Å². The number of imide groups is 1. The van der Waals surface area contributed by atoms with Gasteiger partial charge in [-0.3, -0.25) is 14.9 Å². The molecule has 0 aromatic heterocycles. The summed E-state index contributed by atoms with van der Waals surface area (Å²) in [5.41, 5.74) is 0.912. The minimum Gasteiger partial charge on any atom is -0.359 e. The zero-order valence-corrected chi connectivity index (χ0v) is 11.0. The molecule has 0 radical (unpaired) electrons. The molecular formula is C13H14ClN3O2. The lowest BCUT2D eigenvalue weighted by atomic mass is 10.0. The molecule has 1 aliphatic rings. The predicted octanol–water partition coefficient (Wildman–Crippen LogP) is 1.60. The van der Waals surface area contributed by atoms with Crippen LogP contribution < -0.4 is 10.2 Å². The SMILES string of the molecule is N=CCC(=O)NC(=O)C1CCN1c1ccc(Cl)cc1. The van der Waals surface area contributed by atoms with E-state index in [0.29, 0.717) is 11.4 Å². The van der Waals surface area contributed by atoms with Crippen molar-refractivity contribution in [3.8, 4) is 0 Å². The van der Waals surface area contributed by atoms with Crippen LogP contribution in [0.1, 0.15) is 12.8 Å². The van der Waals surface area contributed by atoms with Gasteiger partial charge in [0, 0.05) is 23.5 Å². The monoisotopic (exact) mass is 279 g/mol. The Labute approximate surface area is 116 Å². The lowest BCUT2D eigenvalue weighted by Crippen LogP contribution is -2.57. The van der Waals surface area contributed by atoms with Crippen molar-refractivity contribution in [3.05, 3.63) is 29.3 Å². The number of carbonyl (C=O) groups is 2. The molecule has 6 heteroatoms. The summed E-state index contributed by atoms with van der Waals surface area (Å²) >= 11 is 5.82. The molecule has 0 aliphatic carbocycles. The number of carbonyl (C=O) groups excluding carboxylic acids is 2. The molecule has 0 bridgehead atoms. The van der Waals surface area contributed by atoms with Gasteiger partial charge in [-0.2, -0.15) is 0 Å². The van der Waals surface area contributed by atoms with Gasteiger partial charge in [-0.05, 0) is 30.7 Å². The third-order valence-corrected chi connectivity index (χ3v) is 3.28. The zero-order chi connectivity index (χ0) is 13.8. The summed E-state index contributed by atoms with van der Waals surface area (Å²) in [6.07, 6.45) is 1.62. The number of halogens is 1. The first-order valence-corrected chi connectivity index (χ1v) is 6.34. The standard InChI is InChI=1S/C13H14ClN3O2/c14-9-1-3-10(4-2-9)17-8-6-11(17)13(19)16-12(18)5-7-15/h1-4,7,11,15H,5-6,8H2,(H,16,18,19). The van der Waals surface area contributed by atoms with Gasteiger partial charge in [0.25, 0.3) is 0 Å². The number of nitrogens with one attached hydrogen (secondary N) is 2. The smallest absolute Gasteiger partial charge is 0.249 e. The Bertz CT molecular complexity index is 501. The van der Waals surface area contributed by atoms with Crippen LogP contribution in [-0.4, -0.2) is 30.6 Å². The Kier molecular flexibility index (Phi) is 4.16. The number of hydrogen-bond acceptors (Lipinski definition) is 4. The molecule has 1 atom stereocenters. The van der Waals surface area contributed by atoms with E-state index in [1.54, 1.807) is 12.1 Å². The molecule has 19 heavy (non-hydrogen) atoms. The number of nitrogens with zero attached hydrogens (tertiary/aromatic N) is 1. The van der Waals surface area contributed by atoms with Gasteiger partial charge in [0.2, 0.25) is 11.8 Å². The molecule has 1 unspecified atom stereocenters. The highest BCUT2D eigenvalue weighted by Gasteiger charge is 2.34. The number of benzene rings is 1. The summed E-state index contributed by atoms with van der Waals surface area (Å²) < 4.78 is 0. The molecule has 2 amide bonds. The van der Waals surface area contributed by atoms with E-state index in [9.17, 15) is 9.59 Å². The first-order chi connectivity index (χ1) is 9.11. The molecule has 1 saturated heterocycles. The first kappa shape index (κ1) is 13.5. The summed E-state index contributed by atoms with van der Waals surface area (Å²) in [4.78, 5) is 25.1. The highest BCUT2D eigenvalue weighted by Crippen LogP contribution is 2.27. The fraction of sp³-hybridized carbons (Fsp3) is 0.308. The number of anilines is 1. The maximum absolute atomic E-state index is 11.9. The highest BCUT2D eigenvalue weighted by atomic mass is 35.5. The largest absolute Gasteiger partial charge is 0.359 e. The van der Waals surface area contributed by atoms with Crippen molar-refractivity contribution < 1.29 is 9.59 Å². The molecule has 1 heterocycles. The van der Waals surface area contributed by atoms with Crippen LogP contribution in [-0.2, 0) is 9.59 Å². The van der Waals surface area contributed by atoms with Crippen molar-refractivity contribution in [2.75, 3.05) is 11.4 Å². The maximum atomic E-state index is 11.9. The van der Waals surface area contributed by atoms with E-state index >= 15 is 0 Å². The summed E-state index contributed by atoms with van der Waals surface area (Å²) in [6, 6.07) is 6.91. The molecule has 2 N–H and O–H groups in total. The Morgan fingerprint density at radius 3 is 2.63 bits per heavy atom. The van der Waals surface area contributed by atoms with Crippen molar-refractivity contribution >= 4 is 35.3 Å². The number of rotatable bonds is 4. The summed E-state index contributed by atoms with van der Waals surface area (Å²) in [5.74, 6) is -0.754. The molecule has 0 spiro atoms. The molecular weight excluding hydrogens is 266 g/mol. The summed E-state index contributed by atoms with van der Waals surface area (Å²) in [6.45, 7) is 0.776. The van der Waals surface area contributed by atoms with Crippen molar-refractivity contribution in [2.45, 2.75) is 18.9 Å². The van der Waals surface area contributed by atoms with Gasteiger partial charge in [0.05, 0.1) is 6.42 Å². The van der Waals surface area contributed by atoms with E-state index in [2.05, 4.69) is 5.32 Å². The third-order valence-electron chi connectivity index (χ3n) is 3.03. The van der Waals surface area contributed by atoms with Gasteiger partial charge in [-0.25, -0.2) is 0 Å². The van der Waals surface area contributed by atoms with E-state index in [4.69, 9.17) is 17.0 Å². The fourth-order valence-electron chi connectivity index (χ4n) is 1.97. The number of hydrogen-bond donors (Lipinski definition) is 2. The molecule has 2 rings (SSSR count). The van der Waals surface area contributed by atoms with Crippen LogP contribution in [0.25, 0.3) is 0 Å². The van der Waals surface area contributed by atoms with Gasteiger partial charge < -0.3 is 10.3 Å². The minimum absolute atomic E-state index is 0.0700. The van der Waals surface area contributed by atoms with Gasteiger partial charge in [0.15, 0.2) is 0 Å². The minimum atomic E-state index is -0.442. The van der Waals surface area contributed by atoms with Crippen LogP contribution in [0.3, 0.4) is 0 Å². The van der Waals surface area contributed by atoms with Crippen LogP contribution in [0.2, 0.25) is 5.02 Å². The molecule has 1 fully saturated rings. The van der Waals surface area contributed by atoms with E-state index < -0.39 is 5.91 Å². The van der Waals surface area contributed by atoms with Crippen LogP contribution >= 0.6 is 11.6 Å². The normalized spacial score (nSPS) is 17.5. The third kappa shape index (κ3) is 3.12. The zero-order valence-electron chi connectivity index (χ0n) is 10.2. The number of amides is 2. The molecule has 1 aromatic rings. The fourth-order valence-corrected chi connectivity index (χ4v) is 2.09. The highest BCUT2D eigenvalue weighted by molar-refractivity contribution is 6.30. The Hall–Kier alpha value is -1.88. The van der Waals surface area contributed by atoms with E-state index in [1.165, 1.54) is 0 Å². The van der Waals surface area contributed by atoms with E-state index in [0.717, 1.165) is 18.4 Å². The van der Waals surface area contributed by atoms with Gasteiger partial charge >= 0.3 is 0 Å². The molecule has 100 valence electrons. The lowest BCUT2D eigenvalue weighted by molar-refractivity contribution is -0.131. The Morgan fingerprint density at radius 2 is 2.11 bits per heavy atom. The summed E-state index contributed by atoms with van der Waals surface area (Å²) in [7, 11) is 0. The van der Waals surface area contributed by atoms with Gasteiger partial charge in [-0.15, -0.1) is 0 Å². The lowest BCUT2D eigenvalue weighted by Gasteiger charge is -2.41. The Balaban J connectivity index is 1.98. The molecule has 0 saturated carbocycles. The quantitative estimate of drug-likeness (QED) is 0.822. The molecule has 5 nitrogen and oxygen atoms in total. The maximum Gasteiger partial charge on any atom is 0.249 e. The van der Waals surface area contributed by atoms with Crippen molar-refractivity contribution in [1.29, 1.82) is 5.41 Å². The van der Waals surface area contributed by atoms with Crippen LogP contribution in [0.5, 0.6) is 0 Å². The average molecular weight is 280 g/mol. The van der Waals surface area contributed by atoms with Gasteiger partial charge in [-0.1, -0.05) is 11.6 Å². The van der Waals surface area contributed by atoms with Crippen LogP contribution in [0.4, 0.5) is 5.69 Å². The summed E-state index contributed by atoms with van der Waals surface area (Å²) in [5, 5.41) is 9.76. The second kappa shape index (κ2) is 5.84. The average Bonchev–Trinajstić information content (AvgIpc) is 2.30. The van der Waals surface area contributed by atoms with Crippen molar-refractivity contribution in [2.24, 2.45) is 0 Å². The topological polar surface area (TPSA) is 73.3 Å². The van der Waals surface area contributed by atoms with Crippen molar-refractivity contribution in [1.82, 2.24) is 5.32 Å².